The second-order valence-electron chi connectivity index (χ2n) is 2.92. The SMILES string of the molecule is NC(N)Cc1ccc(P(=O)(O)O)cn1. The third kappa shape index (κ3) is 3.17. The molecule has 0 spiro atoms. The molecule has 78 valence electrons. The molecule has 0 saturated heterocycles. The van der Waals surface area contributed by atoms with E-state index >= 15 is 0 Å². The van der Waals surface area contributed by atoms with Gasteiger partial charge in [-0.25, -0.2) is 0 Å². The van der Waals surface area contributed by atoms with Gasteiger partial charge in [0.25, 0.3) is 0 Å². The summed E-state index contributed by atoms with van der Waals surface area (Å²) in [4.78, 5) is 21.4. The molecule has 0 radical (unpaired) electrons. The second kappa shape index (κ2) is 4.16. The number of hydrogen-bond donors (Lipinski definition) is 4. The maximum absolute atomic E-state index is 10.8. The van der Waals surface area contributed by atoms with Gasteiger partial charge in [0.15, 0.2) is 0 Å². The average Bonchev–Trinajstić information content (AvgIpc) is 2.02. The van der Waals surface area contributed by atoms with Crippen molar-refractivity contribution in [3.63, 3.8) is 0 Å². The minimum absolute atomic E-state index is 0.105. The highest BCUT2D eigenvalue weighted by Gasteiger charge is 2.16. The van der Waals surface area contributed by atoms with Crippen molar-refractivity contribution in [2.45, 2.75) is 12.6 Å². The van der Waals surface area contributed by atoms with Gasteiger partial charge in [0.2, 0.25) is 0 Å². The zero-order chi connectivity index (χ0) is 10.8. The Morgan fingerprint density at radius 3 is 2.43 bits per heavy atom. The largest absolute Gasteiger partial charge is 0.357 e. The average molecular weight is 217 g/mol. The lowest BCUT2D eigenvalue weighted by atomic mass is 10.2. The number of nitrogens with zero attached hydrogens (tertiary/aromatic N) is 1. The Hall–Kier alpha value is -0.780. The Kier molecular flexibility index (Phi) is 3.36. The van der Waals surface area contributed by atoms with Gasteiger partial charge in [-0.1, -0.05) is 0 Å². The van der Waals surface area contributed by atoms with Gasteiger partial charge >= 0.3 is 7.60 Å². The minimum atomic E-state index is -4.20. The highest BCUT2D eigenvalue weighted by atomic mass is 31.2. The molecule has 1 rings (SSSR count). The van der Waals surface area contributed by atoms with Gasteiger partial charge in [0, 0.05) is 18.3 Å². The van der Waals surface area contributed by atoms with Crippen LogP contribution in [0.2, 0.25) is 0 Å². The molecular formula is C7H12N3O3P. The molecule has 0 aromatic carbocycles. The van der Waals surface area contributed by atoms with E-state index < -0.39 is 13.8 Å². The molecule has 0 atom stereocenters. The van der Waals surface area contributed by atoms with Crippen LogP contribution in [-0.2, 0) is 11.0 Å². The molecule has 7 heteroatoms. The lowest BCUT2D eigenvalue weighted by Crippen LogP contribution is -2.33. The summed E-state index contributed by atoms with van der Waals surface area (Å²) in [5.41, 5.74) is 11.3. The first-order valence-electron chi connectivity index (χ1n) is 3.92. The topological polar surface area (TPSA) is 122 Å². The van der Waals surface area contributed by atoms with E-state index in [4.69, 9.17) is 21.3 Å². The Bertz CT molecular complexity index is 346. The van der Waals surface area contributed by atoms with Crippen molar-refractivity contribution in [2.24, 2.45) is 11.5 Å². The van der Waals surface area contributed by atoms with Crippen LogP contribution < -0.4 is 16.8 Å². The van der Waals surface area contributed by atoms with E-state index in [1.54, 1.807) is 0 Å². The standard InChI is InChI=1S/C7H12N3O3P/c8-7(9)3-5-1-2-6(4-10-5)14(11,12)13/h1-2,4,7H,3,8-9H2,(H2,11,12,13). The molecule has 0 amide bonds. The number of aromatic nitrogens is 1. The van der Waals surface area contributed by atoms with E-state index in [1.165, 1.54) is 12.1 Å². The molecule has 0 bridgehead atoms. The summed E-state index contributed by atoms with van der Waals surface area (Å²) in [5, 5.41) is -0.105. The quantitative estimate of drug-likeness (QED) is 0.367. The molecule has 0 aliphatic rings. The number of hydrogen-bond acceptors (Lipinski definition) is 4. The van der Waals surface area contributed by atoms with Crippen LogP contribution in [0.3, 0.4) is 0 Å². The fourth-order valence-corrected chi connectivity index (χ4v) is 1.43. The third-order valence-electron chi connectivity index (χ3n) is 1.59. The van der Waals surface area contributed by atoms with E-state index in [0.29, 0.717) is 12.1 Å². The smallest absolute Gasteiger partial charge is 0.321 e. The summed E-state index contributed by atoms with van der Waals surface area (Å²) < 4.78 is 10.8. The van der Waals surface area contributed by atoms with Crippen LogP contribution in [0.15, 0.2) is 18.3 Å². The van der Waals surface area contributed by atoms with Crippen molar-refractivity contribution in [1.82, 2.24) is 4.98 Å². The summed E-state index contributed by atoms with van der Waals surface area (Å²) in [5.74, 6) is 0. The van der Waals surface area contributed by atoms with E-state index in [0.717, 1.165) is 6.20 Å². The highest BCUT2D eigenvalue weighted by molar-refractivity contribution is 7.60. The van der Waals surface area contributed by atoms with E-state index in [9.17, 15) is 4.57 Å². The molecule has 1 aromatic heterocycles. The van der Waals surface area contributed by atoms with Crippen LogP contribution in [0.1, 0.15) is 5.69 Å². The maximum atomic E-state index is 10.8. The third-order valence-corrected chi connectivity index (χ3v) is 2.53. The summed E-state index contributed by atoms with van der Waals surface area (Å²) in [6, 6.07) is 2.83. The van der Waals surface area contributed by atoms with Crippen molar-refractivity contribution >= 4 is 12.9 Å². The van der Waals surface area contributed by atoms with E-state index in [1.807, 2.05) is 0 Å². The van der Waals surface area contributed by atoms with E-state index in [2.05, 4.69) is 4.98 Å². The molecule has 6 N–H and O–H groups in total. The molecule has 6 nitrogen and oxygen atoms in total. The highest BCUT2D eigenvalue weighted by Crippen LogP contribution is 2.32. The Morgan fingerprint density at radius 1 is 1.43 bits per heavy atom. The van der Waals surface area contributed by atoms with Crippen LogP contribution in [-0.4, -0.2) is 20.9 Å². The van der Waals surface area contributed by atoms with Gasteiger partial charge in [-0.2, -0.15) is 0 Å². The fraction of sp³-hybridized carbons (Fsp3) is 0.286. The Labute approximate surface area is 81.1 Å². The normalized spacial score (nSPS) is 12.1. The minimum Gasteiger partial charge on any atom is -0.321 e. The van der Waals surface area contributed by atoms with Gasteiger partial charge in [-0.15, -0.1) is 0 Å². The van der Waals surface area contributed by atoms with Gasteiger partial charge in [0.05, 0.1) is 11.5 Å². The van der Waals surface area contributed by atoms with Crippen molar-refractivity contribution < 1.29 is 14.4 Å². The van der Waals surface area contributed by atoms with E-state index in [-0.39, 0.29) is 5.30 Å². The molecule has 1 heterocycles. The number of pyridine rings is 1. The monoisotopic (exact) mass is 217 g/mol. The number of rotatable bonds is 3. The Balaban J connectivity index is 2.84. The maximum Gasteiger partial charge on any atom is 0.357 e. The molecule has 0 unspecified atom stereocenters. The molecule has 0 aliphatic carbocycles. The van der Waals surface area contributed by atoms with Crippen molar-refractivity contribution in [3.8, 4) is 0 Å². The summed E-state index contributed by atoms with van der Waals surface area (Å²) >= 11 is 0. The van der Waals surface area contributed by atoms with Gasteiger partial charge in [-0.05, 0) is 12.1 Å². The predicted octanol–water partition coefficient (Wildman–Crippen LogP) is -1.33. The Morgan fingerprint density at radius 2 is 2.07 bits per heavy atom. The van der Waals surface area contributed by atoms with Gasteiger partial charge in [-0.3, -0.25) is 9.55 Å². The molecular weight excluding hydrogens is 205 g/mol. The van der Waals surface area contributed by atoms with Crippen molar-refractivity contribution in [1.29, 1.82) is 0 Å². The summed E-state index contributed by atoms with van der Waals surface area (Å²) in [6.45, 7) is 0. The van der Waals surface area contributed by atoms with Crippen LogP contribution in [0.25, 0.3) is 0 Å². The molecule has 0 aliphatic heterocycles. The fourth-order valence-electron chi connectivity index (χ4n) is 0.951. The molecule has 1 aromatic rings. The lowest BCUT2D eigenvalue weighted by molar-refractivity contribution is 0.387. The second-order valence-corrected chi connectivity index (χ2v) is 4.52. The van der Waals surface area contributed by atoms with Crippen LogP contribution in [0, 0.1) is 0 Å². The van der Waals surface area contributed by atoms with Crippen LogP contribution in [0.4, 0.5) is 0 Å². The van der Waals surface area contributed by atoms with Crippen LogP contribution in [0.5, 0.6) is 0 Å². The number of nitrogens with two attached hydrogens (primary N) is 2. The molecule has 0 fully saturated rings. The van der Waals surface area contributed by atoms with Gasteiger partial charge in [0.1, 0.15) is 0 Å². The first-order valence-corrected chi connectivity index (χ1v) is 5.53. The zero-order valence-electron chi connectivity index (χ0n) is 7.37. The zero-order valence-corrected chi connectivity index (χ0v) is 8.26. The summed E-state index contributed by atoms with van der Waals surface area (Å²) in [7, 11) is -4.20. The first kappa shape index (κ1) is 11.3. The molecule has 0 saturated carbocycles. The molecule has 14 heavy (non-hydrogen) atoms. The van der Waals surface area contributed by atoms with Gasteiger partial charge < -0.3 is 21.3 Å². The first-order chi connectivity index (χ1) is 6.39. The lowest BCUT2D eigenvalue weighted by Gasteiger charge is -2.06. The predicted molar refractivity (Wildman–Crippen MR) is 51.8 cm³/mol. The van der Waals surface area contributed by atoms with Crippen molar-refractivity contribution in [3.05, 3.63) is 24.0 Å². The van der Waals surface area contributed by atoms with Crippen LogP contribution >= 0.6 is 7.60 Å². The summed E-state index contributed by atoms with van der Waals surface area (Å²) in [6.07, 6.45) is 1.00. The van der Waals surface area contributed by atoms with Crippen molar-refractivity contribution in [2.75, 3.05) is 0 Å².